The van der Waals surface area contributed by atoms with Gasteiger partial charge in [-0.2, -0.15) is 0 Å². The van der Waals surface area contributed by atoms with Gasteiger partial charge in [-0.3, -0.25) is 14.6 Å². The van der Waals surface area contributed by atoms with Gasteiger partial charge in [0.1, 0.15) is 24.5 Å². The molecule has 1 fully saturated rings. The summed E-state index contributed by atoms with van der Waals surface area (Å²) in [5.74, 6) is 2.60. The number of H-pyrrole nitrogens is 1. The first kappa shape index (κ1) is 24.0. The largest absolute Gasteiger partial charge is 0.493 e. The first-order valence-corrected chi connectivity index (χ1v) is 12.2. The molecule has 4 aromatic rings. The molecule has 36 heavy (non-hydrogen) atoms. The number of carbonyl (C=O) groups excluding carboxylic acids is 1. The van der Waals surface area contributed by atoms with E-state index in [1.165, 1.54) is 6.33 Å². The Balaban J connectivity index is 1.27. The summed E-state index contributed by atoms with van der Waals surface area (Å²) < 4.78 is 17.9. The van der Waals surface area contributed by atoms with Crippen LogP contribution >= 0.6 is 0 Å². The number of hydrogen-bond donors (Lipinski definition) is 1. The molecule has 188 valence electrons. The number of ether oxygens (including phenoxy) is 3. The Morgan fingerprint density at radius 2 is 1.83 bits per heavy atom. The summed E-state index contributed by atoms with van der Waals surface area (Å²) in [7, 11) is 1.62. The Bertz CT molecular complexity index is 1380. The molecule has 0 unspecified atom stereocenters. The number of aromatic amines is 1. The number of nitrogens with zero attached hydrogens (tertiary/aromatic N) is 4. The second kappa shape index (κ2) is 10.5. The molecule has 0 amide bonds. The maximum absolute atomic E-state index is 11.3. The third kappa shape index (κ3) is 5.42. The molecule has 2 aromatic heterocycles. The molecule has 1 aliphatic heterocycles. The molecule has 1 aliphatic rings. The number of ketones is 1. The quantitative estimate of drug-likeness (QED) is 0.380. The zero-order valence-corrected chi connectivity index (χ0v) is 20.9. The standard InChI is InChI=1S/C27H31N5O4/c1-18-12-20-13-21(4-5-23(20)30-18)36-27-22-14-25(34-3)26(15-24(22)28-17-29-27)35-11-10-31-6-8-32(9-7-31)16-19(2)33/h4-5,12-15,17,30H,6-11,16H2,1-3H3. The smallest absolute Gasteiger partial charge is 0.230 e. The molecular weight excluding hydrogens is 458 g/mol. The molecule has 0 aliphatic carbocycles. The minimum Gasteiger partial charge on any atom is -0.493 e. The summed E-state index contributed by atoms with van der Waals surface area (Å²) in [6, 6.07) is 11.7. The van der Waals surface area contributed by atoms with Gasteiger partial charge in [-0.25, -0.2) is 9.97 Å². The summed E-state index contributed by atoms with van der Waals surface area (Å²) >= 11 is 0. The van der Waals surface area contributed by atoms with E-state index >= 15 is 0 Å². The Hall–Kier alpha value is -3.69. The van der Waals surface area contributed by atoms with Crippen LogP contribution in [0.15, 0.2) is 42.7 Å². The van der Waals surface area contributed by atoms with Gasteiger partial charge in [0.05, 0.1) is 24.6 Å². The monoisotopic (exact) mass is 489 g/mol. The van der Waals surface area contributed by atoms with E-state index in [0.717, 1.165) is 54.7 Å². The summed E-state index contributed by atoms with van der Waals surface area (Å²) in [5, 5.41) is 1.82. The van der Waals surface area contributed by atoms with E-state index in [2.05, 4.69) is 30.8 Å². The van der Waals surface area contributed by atoms with E-state index in [-0.39, 0.29) is 5.78 Å². The molecule has 9 heteroatoms. The number of carbonyl (C=O) groups is 1. The molecule has 0 saturated carbocycles. The molecule has 5 rings (SSSR count). The fourth-order valence-electron chi connectivity index (χ4n) is 4.60. The van der Waals surface area contributed by atoms with E-state index in [1.54, 1.807) is 14.0 Å². The molecular formula is C27H31N5O4. The van der Waals surface area contributed by atoms with Gasteiger partial charge in [-0.15, -0.1) is 0 Å². The Morgan fingerprint density at radius 3 is 2.61 bits per heavy atom. The van der Waals surface area contributed by atoms with Crippen LogP contribution < -0.4 is 14.2 Å². The van der Waals surface area contributed by atoms with Crippen LogP contribution in [0.5, 0.6) is 23.1 Å². The average molecular weight is 490 g/mol. The van der Waals surface area contributed by atoms with Crippen molar-refractivity contribution in [1.29, 1.82) is 0 Å². The van der Waals surface area contributed by atoms with E-state index in [0.29, 0.717) is 41.8 Å². The number of nitrogens with one attached hydrogen (secondary N) is 1. The fraction of sp³-hybridized carbons (Fsp3) is 0.370. The van der Waals surface area contributed by atoms with Crippen LogP contribution in [0.4, 0.5) is 0 Å². The number of piperazine rings is 1. The Morgan fingerprint density at radius 1 is 1.03 bits per heavy atom. The van der Waals surface area contributed by atoms with Gasteiger partial charge in [-0.05, 0) is 44.2 Å². The molecule has 0 bridgehead atoms. The number of benzene rings is 2. The first-order chi connectivity index (χ1) is 17.5. The van der Waals surface area contributed by atoms with E-state index in [4.69, 9.17) is 14.2 Å². The van der Waals surface area contributed by atoms with Crippen molar-refractivity contribution in [3.63, 3.8) is 0 Å². The van der Waals surface area contributed by atoms with Gasteiger partial charge in [0.2, 0.25) is 5.88 Å². The van der Waals surface area contributed by atoms with Crippen LogP contribution in [-0.2, 0) is 4.79 Å². The average Bonchev–Trinajstić information content (AvgIpc) is 3.24. The van der Waals surface area contributed by atoms with Crippen LogP contribution in [0.3, 0.4) is 0 Å². The zero-order valence-electron chi connectivity index (χ0n) is 20.9. The Labute approximate surface area is 210 Å². The van der Waals surface area contributed by atoms with Gasteiger partial charge in [0.15, 0.2) is 11.5 Å². The molecule has 0 spiro atoms. The maximum atomic E-state index is 11.3. The lowest BCUT2D eigenvalue weighted by Crippen LogP contribution is -2.48. The minimum absolute atomic E-state index is 0.212. The maximum Gasteiger partial charge on any atom is 0.230 e. The van der Waals surface area contributed by atoms with Gasteiger partial charge in [0.25, 0.3) is 0 Å². The number of aromatic nitrogens is 3. The minimum atomic E-state index is 0.212. The van der Waals surface area contributed by atoms with Crippen LogP contribution in [0.2, 0.25) is 0 Å². The lowest BCUT2D eigenvalue weighted by Gasteiger charge is -2.34. The van der Waals surface area contributed by atoms with Crippen LogP contribution in [0.1, 0.15) is 12.6 Å². The van der Waals surface area contributed by atoms with Crippen molar-refractivity contribution in [1.82, 2.24) is 24.8 Å². The fourth-order valence-corrected chi connectivity index (χ4v) is 4.60. The normalized spacial score (nSPS) is 14.9. The molecule has 1 saturated heterocycles. The van der Waals surface area contributed by atoms with Crippen LogP contribution in [0, 0.1) is 6.92 Å². The summed E-state index contributed by atoms with van der Waals surface area (Å²) in [5.41, 5.74) is 2.88. The van der Waals surface area contributed by atoms with Crippen molar-refractivity contribution in [3.05, 3.63) is 48.4 Å². The third-order valence-corrected chi connectivity index (χ3v) is 6.40. The first-order valence-electron chi connectivity index (χ1n) is 12.2. The van der Waals surface area contributed by atoms with Crippen molar-refractivity contribution in [2.24, 2.45) is 0 Å². The van der Waals surface area contributed by atoms with Gasteiger partial charge in [-0.1, -0.05) is 0 Å². The summed E-state index contributed by atoms with van der Waals surface area (Å²) in [6.07, 6.45) is 1.49. The van der Waals surface area contributed by atoms with Crippen molar-refractivity contribution in [2.75, 3.05) is 53.0 Å². The van der Waals surface area contributed by atoms with Crippen molar-refractivity contribution >= 4 is 27.6 Å². The SMILES string of the molecule is COc1cc2c(Oc3ccc4[nH]c(C)cc4c3)ncnc2cc1OCCN1CCN(CC(C)=O)CC1. The highest BCUT2D eigenvalue weighted by atomic mass is 16.5. The number of hydrogen-bond acceptors (Lipinski definition) is 8. The summed E-state index contributed by atoms with van der Waals surface area (Å²) in [4.78, 5) is 28.0. The van der Waals surface area contributed by atoms with Gasteiger partial charge < -0.3 is 19.2 Å². The molecule has 0 radical (unpaired) electrons. The van der Waals surface area contributed by atoms with E-state index in [1.807, 2.05) is 37.3 Å². The second-order valence-corrected chi connectivity index (χ2v) is 9.17. The van der Waals surface area contributed by atoms with Crippen LogP contribution in [0.25, 0.3) is 21.8 Å². The predicted octanol–water partition coefficient (Wildman–Crippen LogP) is 3.81. The number of methoxy groups -OCH3 is 1. The molecule has 2 aromatic carbocycles. The Kier molecular flexibility index (Phi) is 7.02. The molecule has 1 N–H and O–H groups in total. The van der Waals surface area contributed by atoms with Crippen molar-refractivity contribution < 1.29 is 19.0 Å². The van der Waals surface area contributed by atoms with Crippen molar-refractivity contribution in [3.8, 4) is 23.1 Å². The third-order valence-electron chi connectivity index (χ3n) is 6.40. The highest BCUT2D eigenvalue weighted by Crippen LogP contribution is 2.36. The lowest BCUT2D eigenvalue weighted by molar-refractivity contribution is -0.118. The van der Waals surface area contributed by atoms with Crippen LogP contribution in [-0.4, -0.2) is 83.5 Å². The molecule has 9 nitrogen and oxygen atoms in total. The molecule has 0 atom stereocenters. The van der Waals surface area contributed by atoms with Gasteiger partial charge >= 0.3 is 0 Å². The summed E-state index contributed by atoms with van der Waals surface area (Å²) in [6.45, 7) is 9.17. The highest BCUT2D eigenvalue weighted by molar-refractivity contribution is 5.87. The zero-order chi connectivity index (χ0) is 25.1. The van der Waals surface area contributed by atoms with E-state index < -0.39 is 0 Å². The number of rotatable bonds is 9. The predicted molar refractivity (Wildman–Crippen MR) is 138 cm³/mol. The topological polar surface area (TPSA) is 92.8 Å². The number of fused-ring (bicyclic) bond motifs is 2. The number of Topliss-reactive ketones (excluding diaryl/α,β-unsaturated/α-hetero) is 1. The number of aryl methyl sites for hydroxylation is 1. The molecule has 3 heterocycles. The van der Waals surface area contributed by atoms with E-state index in [9.17, 15) is 4.79 Å². The highest BCUT2D eigenvalue weighted by Gasteiger charge is 2.18. The second-order valence-electron chi connectivity index (χ2n) is 9.17. The van der Waals surface area contributed by atoms with Crippen molar-refractivity contribution in [2.45, 2.75) is 13.8 Å². The lowest BCUT2D eigenvalue weighted by atomic mass is 10.2. The van der Waals surface area contributed by atoms with Gasteiger partial charge in [0, 0.05) is 55.4 Å².